The van der Waals surface area contributed by atoms with Gasteiger partial charge in [-0.25, -0.2) is 4.98 Å². The number of hydrogen-bond donors (Lipinski definition) is 1. The van der Waals surface area contributed by atoms with E-state index in [4.69, 9.17) is 9.47 Å². The third-order valence-electron chi connectivity index (χ3n) is 9.76. The molecule has 45 heavy (non-hydrogen) atoms. The van der Waals surface area contributed by atoms with Crippen molar-refractivity contribution in [3.63, 3.8) is 0 Å². The molecule has 1 N–H and O–H groups in total. The number of halogens is 3. The summed E-state index contributed by atoms with van der Waals surface area (Å²) in [7, 11) is 5.23. The molecular weight excluding hydrogens is 589 g/mol. The highest BCUT2D eigenvalue weighted by atomic mass is 19.4. The molecule has 7 rings (SSSR count). The van der Waals surface area contributed by atoms with E-state index in [2.05, 4.69) is 27.2 Å². The number of piperidine rings is 1. The molecule has 2 amide bonds. The van der Waals surface area contributed by atoms with E-state index in [9.17, 15) is 22.8 Å². The summed E-state index contributed by atoms with van der Waals surface area (Å²) in [6.07, 6.45) is -0.476. The number of aromatic nitrogens is 2. The van der Waals surface area contributed by atoms with Crippen LogP contribution >= 0.6 is 0 Å². The van der Waals surface area contributed by atoms with Crippen molar-refractivity contribution in [2.75, 3.05) is 52.7 Å². The zero-order valence-corrected chi connectivity index (χ0v) is 25.2. The third-order valence-corrected chi connectivity index (χ3v) is 9.76. The SMILES string of the molecule is COc1cc(C(=O)N2CC3(CCN(C)CC3)C2)ccc1Nc1ncc(C(F)(F)F)c(Oc2cccc3c2C(=O)N(C)C32CC2)n1. The standard InChI is InChI=1S/C32H33F3N6O4/c1-39-13-11-30(12-14-39)17-41(18-30)27(42)19-7-8-22(24(15-19)44-3)37-29-36-16-21(32(33,34)35)26(38-29)45-23-6-4-5-20-25(23)28(43)40(2)31(20)9-10-31/h4-8,15-16H,9-14,17-18H2,1-3H3,(H,36,37,38). The summed E-state index contributed by atoms with van der Waals surface area (Å²) in [6, 6.07) is 9.77. The van der Waals surface area contributed by atoms with Gasteiger partial charge in [0.1, 0.15) is 17.1 Å². The molecule has 1 saturated carbocycles. The molecule has 1 aliphatic carbocycles. The van der Waals surface area contributed by atoms with Gasteiger partial charge in [0.05, 0.1) is 23.9 Å². The van der Waals surface area contributed by atoms with E-state index >= 15 is 0 Å². The van der Waals surface area contributed by atoms with Crippen molar-refractivity contribution in [1.82, 2.24) is 24.7 Å². The van der Waals surface area contributed by atoms with Gasteiger partial charge in [-0.05, 0) is 75.6 Å². The van der Waals surface area contributed by atoms with Crippen LogP contribution in [0.4, 0.5) is 24.8 Å². The highest BCUT2D eigenvalue weighted by Crippen LogP contribution is 2.57. The second-order valence-corrected chi connectivity index (χ2v) is 12.6. The predicted molar refractivity (Wildman–Crippen MR) is 158 cm³/mol. The first-order valence-electron chi connectivity index (χ1n) is 14.9. The Morgan fingerprint density at radius 2 is 1.76 bits per heavy atom. The predicted octanol–water partition coefficient (Wildman–Crippen LogP) is 5.28. The average Bonchev–Trinajstić information content (AvgIpc) is 3.78. The molecular formula is C32H33F3N6O4. The molecule has 0 unspecified atom stereocenters. The molecule has 0 bridgehead atoms. The van der Waals surface area contributed by atoms with Gasteiger partial charge in [0.25, 0.3) is 11.8 Å². The number of carbonyl (C=O) groups excluding carboxylic acids is 2. The molecule has 2 spiro atoms. The molecule has 0 radical (unpaired) electrons. The van der Waals surface area contributed by atoms with Gasteiger partial charge >= 0.3 is 6.18 Å². The Kier molecular flexibility index (Phi) is 6.73. The Morgan fingerprint density at radius 3 is 2.42 bits per heavy atom. The van der Waals surface area contributed by atoms with E-state index in [0.29, 0.717) is 23.2 Å². The summed E-state index contributed by atoms with van der Waals surface area (Å²) < 4.78 is 53.3. The van der Waals surface area contributed by atoms with Gasteiger partial charge in [0, 0.05) is 37.3 Å². The quantitative estimate of drug-likeness (QED) is 0.397. The number of nitrogens with zero attached hydrogens (tertiary/aromatic N) is 5. The number of methoxy groups -OCH3 is 1. The van der Waals surface area contributed by atoms with Crippen LogP contribution in [0.25, 0.3) is 0 Å². The van der Waals surface area contributed by atoms with Gasteiger partial charge in [-0.15, -0.1) is 0 Å². The zero-order chi connectivity index (χ0) is 31.7. The maximum atomic E-state index is 14.0. The van der Waals surface area contributed by atoms with Gasteiger partial charge in [0.2, 0.25) is 11.8 Å². The summed E-state index contributed by atoms with van der Waals surface area (Å²) in [4.78, 5) is 40.0. The maximum Gasteiger partial charge on any atom is 0.423 e. The second-order valence-electron chi connectivity index (χ2n) is 12.6. The monoisotopic (exact) mass is 622 g/mol. The lowest BCUT2D eigenvalue weighted by Gasteiger charge is -2.53. The van der Waals surface area contributed by atoms with Crippen molar-refractivity contribution in [3.05, 3.63) is 64.8 Å². The Hall–Kier alpha value is -4.39. The number of fused-ring (bicyclic) bond motifs is 2. The van der Waals surface area contributed by atoms with Gasteiger partial charge in [-0.2, -0.15) is 18.2 Å². The first kappa shape index (κ1) is 29.3. The van der Waals surface area contributed by atoms with E-state index in [0.717, 1.165) is 57.4 Å². The molecule has 0 atom stereocenters. The number of ether oxygens (including phenoxy) is 2. The maximum absolute atomic E-state index is 14.0. The van der Waals surface area contributed by atoms with Crippen LogP contribution in [0, 0.1) is 5.41 Å². The minimum Gasteiger partial charge on any atom is -0.495 e. The summed E-state index contributed by atoms with van der Waals surface area (Å²) in [5.41, 5.74) is 0.357. The van der Waals surface area contributed by atoms with Crippen LogP contribution in [0.15, 0.2) is 42.6 Å². The number of likely N-dealkylation sites (tertiary alicyclic amines) is 2. The number of amides is 2. The number of rotatable bonds is 6. The van der Waals surface area contributed by atoms with Crippen molar-refractivity contribution < 1.29 is 32.2 Å². The summed E-state index contributed by atoms with van der Waals surface area (Å²) in [5, 5.41) is 2.89. The molecule has 13 heteroatoms. The Labute approximate surface area is 258 Å². The molecule has 3 aromatic rings. The highest BCUT2D eigenvalue weighted by Gasteiger charge is 2.57. The fraction of sp³-hybridized carbons (Fsp3) is 0.438. The lowest BCUT2D eigenvalue weighted by atomic mass is 9.72. The molecule has 1 aromatic heterocycles. The first-order chi connectivity index (χ1) is 21.4. The molecule has 3 aliphatic heterocycles. The normalized spacial score (nSPS) is 19.8. The number of alkyl halides is 3. The summed E-state index contributed by atoms with van der Waals surface area (Å²) >= 11 is 0. The number of benzene rings is 2. The van der Waals surface area contributed by atoms with Gasteiger partial charge in [-0.3, -0.25) is 9.59 Å². The Bertz CT molecular complexity index is 1690. The van der Waals surface area contributed by atoms with Crippen LogP contribution < -0.4 is 14.8 Å². The molecule has 4 heterocycles. The summed E-state index contributed by atoms with van der Waals surface area (Å²) in [6.45, 7) is 3.49. The van der Waals surface area contributed by atoms with E-state index in [-0.39, 0.29) is 34.5 Å². The lowest BCUT2D eigenvalue weighted by molar-refractivity contribution is -0.139. The molecule has 2 aromatic carbocycles. The van der Waals surface area contributed by atoms with E-state index < -0.39 is 23.2 Å². The van der Waals surface area contributed by atoms with Crippen LogP contribution in [-0.4, -0.2) is 83.9 Å². The fourth-order valence-corrected chi connectivity index (χ4v) is 6.84. The highest BCUT2D eigenvalue weighted by molar-refractivity contribution is 6.03. The van der Waals surface area contributed by atoms with Crippen molar-refractivity contribution in [3.8, 4) is 17.4 Å². The third kappa shape index (κ3) is 4.93. The Morgan fingerprint density at radius 1 is 1.02 bits per heavy atom. The number of nitrogens with one attached hydrogen (secondary N) is 1. The lowest BCUT2D eigenvalue weighted by Crippen LogP contribution is -2.61. The van der Waals surface area contributed by atoms with Crippen LogP contribution in [0.5, 0.6) is 17.4 Å². The summed E-state index contributed by atoms with van der Waals surface area (Å²) in [5.74, 6) is -1.04. The van der Waals surface area contributed by atoms with E-state index in [1.54, 1.807) is 36.2 Å². The van der Waals surface area contributed by atoms with Gasteiger partial charge < -0.3 is 29.5 Å². The Balaban J connectivity index is 1.13. The van der Waals surface area contributed by atoms with E-state index in [1.165, 1.54) is 13.2 Å². The molecule has 3 fully saturated rings. The minimum atomic E-state index is -4.81. The number of anilines is 2. The number of carbonyl (C=O) groups is 2. The zero-order valence-electron chi connectivity index (χ0n) is 25.2. The van der Waals surface area contributed by atoms with E-state index in [1.807, 2.05) is 11.0 Å². The van der Waals surface area contributed by atoms with Crippen molar-refractivity contribution in [2.24, 2.45) is 5.41 Å². The first-order valence-corrected chi connectivity index (χ1v) is 14.9. The minimum absolute atomic E-state index is 0.00302. The van der Waals surface area contributed by atoms with Crippen molar-refractivity contribution in [2.45, 2.75) is 37.4 Å². The van der Waals surface area contributed by atoms with Gasteiger partial charge in [0.15, 0.2) is 0 Å². The molecule has 10 nitrogen and oxygen atoms in total. The average molecular weight is 623 g/mol. The van der Waals surface area contributed by atoms with Crippen LogP contribution in [-0.2, 0) is 11.7 Å². The second kappa shape index (κ2) is 10.3. The van der Waals surface area contributed by atoms with Crippen LogP contribution in [0.2, 0.25) is 0 Å². The van der Waals surface area contributed by atoms with Crippen molar-refractivity contribution in [1.29, 1.82) is 0 Å². The van der Waals surface area contributed by atoms with Crippen molar-refractivity contribution >= 4 is 23.5 Å². The van der Waals surface area contributed by atoms with Crippen LogP contribution in [0.1, 0.15) is 57.5 Å². The van der Waals surface area contributed by atoms with Crippen LogP contribution in [0.3, 0.4) is 0 Å². The van der Waals surface area contributed by atoms with Gasteiger partial charge in [-0.1, -0.05) is 12.1 Å². The smallest absolute Gasteiger partial charge is 0.423 e. The molecule has 4 aliphatic rings. The number of hydrogen-bond acceptors (Lipinski definition) is 8. The molecule has 236 valence electrons. The fourth-order valence-electron chi connectivity index (χ4n) is 6.84. The topological polar surface area (TPSA) is 100 Å². The largest absolute Gasteiger partial charge is 0.495 e. The molecule has 2 saturated heterocycles.